The van der Waals surface area contributed by atoms with E-state index in [4.69, 9.17) is 15.6 Å². The molecule has 0 unspecified atom stereocenters. The van der Waals surface area contributed by atoms with Crippen LogP contribution in [0, 0.1) is 14.7 Å². The molecule has 0 amide bonds. The number of hydrogen-bond acceptors (Lipinski definition) is 4. The number of phenols is 1. The van der Waals surface area contributed by atoms with Crippen LogP contribution >= 0.6 is 0 Å². The Morgan fingerprint density at radius 2 is 1.19 bits per heavy atom. The van der Waals surface area contributed by atoms with Gasteiger partial charge in [0.25, 0.3) is 20.5 Å². The summed E-state index contributed by atoms with van der Waals surface area (Å²) >= 11 is 0. The van der Waals surface area contributed by atoms with Crippen LogP contribution in [0.2, 0.25) is 0 Å². The summed E-state index contributed by atoms with van der Waals surface area (Å²) in [4.78, 5) is 29.1. The van der Waals surface area contributed by atoms with Gasteiger partial charge in [0.15, 0.2) is 0 Å². The van der Waals surface area contributed by atoms with E-state index in [1.165, 1.54) is 0 Å². The molecule has 0 saturated heterocycles. The van der Waals surface area contributed by atoms with Crippen LogP contribution in [0.25, 0.3) is 0 Å². The van der Waals surface area contributed by atoms with Crippen molar-refractivity contribution in [3.05, 3.63) is 26.9 Å². The highest BCUT2D eigenvalue weighted by Gasteiger charge is 2.36. The zero-order chi connectivity index (χ0) is 12.5. The number of nitrogens with zero attached hydrogens (tertiary/aromatic N) is 3. The minimum Gasteiger partial charge on any atom is -0.497 e. The lowest BCUT2D eigenvalue weighted by Crippen LogP contribution is -2.00. The highest BCUT2D eigenvalue weighted by molar-refractivity contribution is 5.64. The van der Waals surface area contributed by atoms with Crippen molar-refractivity contribution < 1.29 is 35.5 Å². The molecule has 0 aromatic heterocycles. The lowest BCUT2D eigenvalue weighted by atomic mass is 10.2. The van der Waals surface area contributed by atoms with Gasteiger partial charge in [-0.25, -0.2) is 15.6 Å². The van der Waals surface area contributed by atoms with Gasteiger partial charge in [-0.05, 0) is 0 Å². The SMILES string of the molecule is O=[N+](O)c1cc([N+](=O)O)c(O)c([N+](=O)O)c1. The van der Waals surface area contributed by atoms with Crippen LogP contribution in [0.3, 0.4) is 0 Å². The second kappa shape index (κ2) is 3.76. The third-order valence-electron chi connectivity index (χ3n) is 1.69. The van der Waals surface area contributed by atoms with Crippen LogP contribution in [-0.2, 0) is 0 Å². The maximum Gasteiger partial charge on any atom is 0.372 e. The van der Waals surface area contributed by atoms with E-state index in [2.05, 4.69) is 0 Å². The Hall–Kier alpha value is -2.78. The first-order valence-electron chi connectivity index (χ1n) is 3.70. The molecular weight excluding hydrogens is 226 g/mol. The van der Waals surface area contributed by atoms with E-state index < -0.39 is 37.6 Å². The predicted molar refractivity (Wildman–Crippen MR) is 43.3 cm³/mol. The minimum atomic E-state index is -1.06. The van der Waals surface area contributed by atoms with E-state index in [1.54, 1.807) is 0 Å². The van der Waals surface area contributed by atoms with Crippen LogP contribution in [0.15, 0.2) is 12.1 Å². The summed E-state index contributed by atoms with van der Waals surface area (Å²) in [5.74, 6) is -1.06. The van der Waals surface area contributed by atoms with E-state index in [-0.39, 0.29) is 0 Å². The van der Waals surface area contributed by atoms with Crippen LogP contribution < -0.4 is 0 Å². The fourth-order valence-corrected chi connectivity index (χ4v) is 0.992. The van der Waals surface area contributed by atoms with Crippen LogP contribution in [0.5, 0.6) is 5.75 Å². The van der Waals surface area contributed by atoms with Gasteiger partial charge in [0.1, 0.15) is 12.1 Å². The van der Waals surface area contributed by atoms with E-state index >= 15 is 0 Å². The van der Waals surface area contributed by atoms with Crippen molar-refractivity contribution in [1.82, 2.24) is 0 Å². The summed E-state index contributed by atoms with van der Waals surface area (Å²) in [6.45, 7) is 0. The monoisotopic (exact) mass is 232 g/mol. The van der Waals surface area contributed by atoms with Gasteiger partial charge in [-0.2, -0.15) is 0 Å². The van der Waals surface area contributed by atoms with Crippen LogP contribution in [-0.4, -0.2) is 35.5 Å². The van der Waals surface area contributed by atoms with Crippen molar-refractivity contribution in [2.24, 2.45) is 0 Å². The molecule has 0 heterocycles. The van der Waals surface area contributed by atoms with Gasteiger partial charge in [-0.1, -0.05) is 0 Å². The molecule has 10 heteroatoms. The van der Waals surface area contributed by atoms with Gasteiger partial charge < -0.3 is 5.11 Å². The highest BCUT2D eigenvalue weighted by atomic mass is 16.6. The number of rotatable bonds is 3. The molecule has 10 nitrogen and oxygen atoms in total. The lowest BCUT2D eigenvalue weighted by molar-refractivity contribution is -0.741. The summed E-state index contributed by atoms with van der Waals surface area (Å²) in [7, 11) is 0. The van der Waals surface area contributed by atoms with Gasteiger partial charge in [-0.3, -0.25) is 0 Å². The van der Waals surface area contributed by atoms with Crippen molar-refractivity contribution in [3.8, 4) is 5.75 Å². The summed E-state index contributed by atoms with van der Waals surface area (Å²) < 4.78 is 0. The average Bonchev–Trinajstić information content (AvgIpc) is 2.16. The first-order chi connectivity index (χ1) is 7.34. The lowest BCUT2D eigenvalue weighted by Gasteiger charge is -1.90. The van der Waals surface area contributed by atoms with Gasteiger partial charge in [0, 0.05) is 0 Å². The Kier molecular flexibility index (Phi) is 2.66. The number of benzene rings is 1. The molecule has 1 aromatic rings. The molecule has 0 aliphatic carbocycles. The van der Waals surface area contributed by atoms with Gasteiger partial charge in [-0.15, -0.1) is 0 Å². The topological polar surface area (TPSA) is 141 Å². The normalized spacial score (nSPS) is 9.75. The summed E-state index contributed by atoms with van der Waals surface area (Å²) in [5.41, 5.74) is -2.43. The highest BCUT2D eigenvalue weighted by Crippen LogP contribution is 2.38. The van der Waals surface area contributed by atoms with Crippen molar-refractivity contribution in [1.29, 1.82) is 0 Å². The second-order valence-corrected chi connectivity index (χ2v) is 2.65. The summed E-state index contributed by atoms with van der Waals surface area (Å²) in [6, 6.07) is 1.20. The molecule has 0 fully saturated rings. The molecule has 0 spiro atoms. The van der Waals surface area contributed by atoms with E-state index in [1.807, 2.05) is 0 Å². The van der Waals surface area contributed by atoms with Gasteiger partial charge in [0.05, 0.1) is 14.7 Å². The minimum absolute atomic E-state index is 0.600. The van der Waals surface area contributed by atoms with Crippen LogP contribution in [0.1, 0.15) is 0 Å². The Labute approximate surface area is 86.2 Å². The second-order valence-electron chi connectivity index (χ2n) is 2.65. The van der Waals surface area contributed by atoms with Crippen molar-refractivity contribution in [2.45, 2.75) is 0 Å². The first-order valence-corrected chi connectivity index (χ1v) is 3.70. The molecular formula is C6H6N3O7+3. The molecule has 0 atom stereocenters. The van der Waals surface area contributed by atoms with Crippen molar-refractivity contribution >= 4 is 17.1 Å². The molecule has 0 aliphatic rings. The van der Waals surface area contributed by atoms with Crippen molar-refractivity contribution in [3.63, 3.8) is 0 Å². The molecule has 84 valence electrons. The van der Waals surface area contributed by atoms with E-state index in [0.717, 1.165) is 0 Å². The fraction of sp³-hybridized carbons (Fsp3) is 0. The third-order valence-corrected chi connectivity index (χ3v) is 1.69. The molecule has 4 N–H and O–H groups in total. The molecule has 0 saturated carbocycles. The fourth-order valence-electron chi connectivity index (χ4n) is 0.992. The van der Waals surface area contributed by atoms with E-state index in [0.29, 0.717) is 12.1 Å². The maximum absolute atomic E-state index is 10.5. The number of hydrogen-bond donors (Lipinski definition) is 4. The Balaban J connectivity index is 3.57. The van der Waals surface area contributed by atoms with Crippen LogP contribution in [0.4, 0.5) is 17.1 Å². The molecule has 1 rings (SSSR count). The quantitative estimate of drug-likeness (QED) is 0.564. The molecule has 16 heavy (non-hydrogen) atoms. The standard InChI is InChI=1S/C6H5N3O7/c10-6-4(8(13)14)1-3(7(11)12)2-5(6)9(15)16/h1-2H,(H3-,10,11,12,13,14,15,16)/q+2/p+1. The summed E-state index contributed by atoms with van der Waals surface area (Å²) in [6.07, 6.45) is 0. The molecule has 0 radical (unpaired) electrons. The van der Waals surface area contributed by atoms with E-state index in [9.17, 15) is 19.8 Å². The average molecular weight is 232 g/mol. The maximum atomic E-state index is 10.5. The summed E-state index contributed by atoms with van der Waals surface area (Å²) in [5, 5.41) is 34.8. The number of aromatic hydroxyl groups is 1. The Morgan fingerprint density at radius 3 is 1.44 bits per heavy atom. The Bertz CT molecular complexity index is 462. The zero-order valence-corrected chi connectivity index (χ0v) is 7.51. The van der Waals surface area contributed by atoms with Gasteiger partial charge >= 0.3 is 17.1 Å². The smallest absolute Gasteiger partial charge is 0.372 e. The molecule has 0 bridgehead atoms. The largest absolute Gasteiger partial charge is 0.497 e. The molecule has 0 aliphatic heterocycles. The Morgan fingerprint density at radius 1 is 0.812 bits per heavy atom. The van der Waals surface area contributed by atoms with Gasteiger partial charge in [0.2, 0.25) is 0 Å². The zero-order valence-electron chi connectivity index (χ0n) is 7.51. The molecule has 1 aromatic carbocycles. The third kappa shape index (κ3) is 1.84. The van der Waals surface area contributed by atoms with Crippen molar-refractivity contribution in [2.75, 3.05) is 0 Å². The number of phenolic OH excluding ortho intramolecular Hbond substituents is 1. The predicted octanol–water partition coefficient (Wildman–Crippen LogP) is 0.791. The first kappa shape index (κ1) is 11.3.